The zero-order valence-electron chi connectivity index (χ0n) is 32.0. The Bertz CT molecular complexity index is 3630. The summed E-state index contributed by atoms with van der Waals surface area (Å²) in [6.07, 6.45) is 0. The molecule has 272 valence electrons. The van der Waals surface area contributed by atoms with Gasteiger partial charge in [0.05, 0.1) is 0 Å². The van der Waals surface area contributed by atoms with Crippen molar-refractivity contribution in [1.82, 2.24) is 0 Å². The maximum absolute atomic E-state index is 6.57. The van der Waals surface area contributed by atoms with Crippen LogP contribution in [0.3, 0.4) is 0 Å². The van der Waals surface area contributed by atoms with E-state index in [4.69, 9.17) is 4.42 Å². The van der Waals surface area contributed by atoms with E-state index in [1.165, 1.54) is 115 Å². The van der Waals surface area contributed by atoms with Crippen molar-refractivity contribution < 1.29 is 4.42 Å². The molecule has 13 rings (SSSR count). The number of hydrogen-bond donors (Lipinski definition) is 0. The molecule has 12 aromatic rings. The summed E-state index contributed by atoms with van der Waals surface area (Å²) >= 11 is 0. The first-order valence-electron chi connectivity index (χ1n) is 20.4. The average molecular weight is 747 g/mol. The highest BCUT2D eigenvalue weighted by Gasteiger charge is 2.24. The van der Waals surface area contributed by atoms with Gasteiger partial charge in [-0.05, 0) is 122 Å². The molecule has 11 aromatic carbocycles. The second-order valence-electron chi connectivity index (χ2n) is 15.8. The summed E-state index contributed by atoms with van der Waals surface area (Å²) < 4.78 is 6.57. The van der Waals surface area contributed by atoms with Crippen molar-refractivity contribution in [3.63, 3.8) is 0 Å². The molecule has 0 amide bonds. The normalized spacial score (nSPS) is 12.1. The van der Waals surface area contributed by atoms with Crippen LogP contribution in [-0.2, 0) is 0 Å². The molecule has 0 atom stereocenters. The molecule has 0 aliphatic heterocycles. The van der Waals surface area contributed by atoms with Gasteiger partial charge >= 0.3 is 0 Å². The van der Waals surface area contributed by atoms with Crippen LogP contribution in [0.5, 0.6) is 0 Å². The number of benzene rings is 11. The number of hydrogen-bond acceptors (Lipinski definition) is 1. The molecular formula is C58H34O. The fourth-order valence-corrected chi connectivity index (χ4v) is 10.4. The van der Waals surface area contributed by atoms with Crippen LogP contribution in [-0.4, -0.2) is 0 Å². The molecule has 0 saturated heterocycles. The standard InChI is InChI=1S/C58H34O/c1-2-15-39-35(13-1)31-34-53-57(39)58-51(25-12-26-52(58)59-53)56-48-21-9-7-19-46(48)54(47-20-8-10-22-49(47)56)37-29-27-36(28-30-37)38-14-3-4-16-40(38)43-32-33-50-42-18-6-5-17-41(42)44-23-11-24-45(43)55(44)50/h1-34H. The number of rotatable bonds is 4. The first-order valence-corrected chi connectivity index (χ1v) is 20.4. The van der Waals surface area contributed by atoms with Crippen LogP contribution in [0.1, 0.15) is 0 Å². The first kappa shape index (κ1) is 32.4. The number of fused-ring (bicyclic) bond motifs is 10. The Balaban J connectivity index is 0.989. The molecule has 1 heterocycles. The lowest BCUT2D eigenvalue weighted by atomic mass is 9.84. The van der Waals surface area contributed by atoms with Gasteiger partial charge in [0.15, 0.2) is 0 Å². The van der Waals surface area contributed by atoms with Crippen molar-refractivity contribution in [2.75, 3.05) is 0 Å². The van der Waals surface area contributed by atoms with Crippen LogP contribution in [0, 0.1) is 0 Å². The largest absolute Gasteiger partial charge is 0.456 e. The van der Waals surface area contributed by atoms with Gasteiger partial charge < -0.3 is 4.42 Å². The van der Waals surface area contributed by atoms with Gasteiger partial charge in [0.25, 0.3) is 0 Å². The zero-order chi connectivity index (χ0) is 38.6. The summed E-state index contributed by atoms with van der Waals surface area (Å²) in [5.74, 6) is 0. The maximum atomic E-state index is 6.57. The van der Waals surface area contributed by atoms with Crippen LogP contribution >= 0.6 is 0 Å². The van der Waals surface area contributed by atoms with E-state index >= 15 is 0 Å². The van der Waals surface area contributed by atoms with Crippen molar-refractivity contribution in [1.29, 1.82) is 0 Å². The molecule has 1 aliphatic rings. The highest BCUT2D eigenvalue weighted by molar-refractivity contribution is 6.28. The molecule has 1 aliphatic carbocycles. The summed E-state index contributed by atoms with van der Waals surface area (Å²) in [4.78, 5) is 0. The third kappa shape index (κ3) is 4.62. The summed E-state index contributed by atoms with van der Waals surface area (Å²) in [5.41, 5.74) is 16.9. The Morgan fingerprint density at radius 2 is 0.695 bits per heavy atom. The highest BCUT2D eigenvalue weighted by atomic mass is 16.3. The van der Waals surface area contributed by atoms with Crippen molar-refractivity contribution in [3.8, 4) is 66.8 Å². The lowest BCUT2D eigenvalue weighted by Crippen LogP contribution is -1.92. The van der Waals surface area contributed by atoms with Gasteiger partial charge in [0, 0.05) is 10.8 Å². The quantitative estimate of drug-likeness (QED) is 0.164. The van der Waals surface area contributed by atoms with Gasteiger partial charge in [-0.1, -0.05) is 194 Å². The van der Waals surface area contributed by atoms with E-state index in [9.17, 15) is 0 Å². The smallest absolute Gasteiger partial charge is 0.136 e. The molecule has 1 aromatic heterocycles. The fraction of sp³-hybridized carbons (Fsp3) is 0. The van der Waals surface area contributed by atoms with Crippen molar-refractivity contribution >= 4 is 65.0 Å². The van der Waals surface area contributed by atoms with Crippen LogP contribution in [0.2, 0.25) is 0 Å². The van der Waals surface area contributed by atoms with Gasteiger partial charge in [0.1, 0.15) is 11.2 Å². The molecule has 0 radical (unpaired) electrons. The molecule has 0 unspecified atom stereocenters. The van der Waals surface area contributed by atoms with Gasteiger partial charge in [-0.25, -0.2) is 0 Å². The van der Waals surface area contributed by atoms with Gasteiger partial charge in [-0.15, -0.1) is 0 Å². The van der Waals surface area contributed by atoms with E-state index in [0.29, 0.717) is 0 Å². The van der Waals surface area contributed by atoms with Crippen LogP contribution in [0.15, 0.2) is 211 Å². The Labute approximate surface area is 341 Å². The second kappa shape index (κ2) is 12.4. The van der Waals surface area contributed by atoms with Crippen molar-refractivity contribution in [2.45, 2.75) is 0 Å². The topological polar surface area (TPSA) is 13.1 Å². The molecule has 59 heavy (non-hydrogen) atoms. The zero-order valence-corrected chi connectivity index (χ0v) is 32.0. The lowest BCUT2D eigenvalue weighted by molar-refractivity contribution is 0.669. The van der Waals surface area contributed by atoms with Gasteiger partial charge in [-0.3, -0.25) is 0 Å². The summed E-state index contributed by atoms with van der Waals surface area (Å²) in [5, 5.41) is 12.3. The lowest BCUT2D eigenvalue weighted by Gasteiger charge is -2.19. The molecule has 0 N–H and O–H groups in total. The van der Waals surface area contributed by atoms with Gasteiger partial charge in [0.2, 0.25) is 0 Å². The molecule has 0 fully saturated rings. The molecule has 0 bridgehead atoms. The summed E-state index contributed by atoms with van der Waals surface area (Å²) in [6, 6.07) is 75.7. The summed E-state index contributed by atoms with van der Waals surface area (Å²) in [7, 11) is 0. The minimum Gasteiger partial charge on any atom is -0.456 e. The molecule has 0 saturated carbocycles. The van der Waals surface area contributed by atoms with Crippen LogP contribution in [0.25, 0.3) is 132 Å². The molecular weight excluding hydrogens is 713 g/mol. The fourth-order valence-electron chi connectivity index (χ4n) is 10.4. The van der Waals surface area contributed by atoms with Crippen molar-refractivity contribution in [2.24, 2.45) is 0 Å². The van der Waals surface area contributed by atoms with E-state index < -0.39 is 0 Å². The van der Waals surface area contributed by atoms with E-state index in [-0.39, 0.29) is 0 Å². The Morgan fingerprint density at radius 3 is 1.41 bits per heavy atom. The molecule has 0 spiro atoms. The third-order valence-corrected chi connectivity index (χ3v) is 12.8. The van der Waals surface area contributed by atoms with Gasteiger partial charge in [-0.2, -0.15) is 0 Å². The molecule has 1 heteroatoms. The minimum atomic E-state index is 0.907. The Hall–Kier alpha value is -7.74. The predicted molar refractivity (Wildman–Crippen MR) is 250 cm³/mol. The van der Waals surface area contributed by atoms with E-state index in [0.717, 1.165) is 16.6 Å². The van der Waals surface area contributed by atoms with Crippen LogP contribution < -0.4 is 0 Å². The summed E-state index contributed by atoms with van der Waals surface area (Å²) in [6.45, 7) is 0. The van der Waals surface area contributed by atoms with Crippen LogP contribution in [0.4, 0.5) is 0 Å². The van der Waals surface area contributed by atoms with E-state index in [1.54, 1.807) is 0 Å². The minimum absolute atomic E-state index is 0.907. The third-order valence-electron chi connectivity index (χ3n) is 12.8. The number of furan rings is 1. The Morgan fingerprint density at radius 1 is 0.220 bits per heavy atom. The Kier molecular flexibility index (Phi) is 6.79. The maximum Gasteiger partial charge on any atom is 0.136 e. The first-order chi connectivity index (χ1) is 29.3. The predicted octanol–water partition coefficient (Wildman–Crippen LogP) is 16.5. The monoisotopic (exact) mass is 746 g/mol. The van der Waals surface area contributed by atoms with Crippen molar-refractivity contribution in [3.05, 3.63) is 206 Å². The SMILES string of the molecule is c1ccc(-c2ccc3c4c(cccc24)-c2ccccc2-3)c(-c2ccc(-c3c4ccccc4c(-c4cccc5oc6ccc7ccccc7c6c45)c4ccccc34)cc2)c1. The average Bonchev–Trinajstić information content (AvgIpc) is 3.86. The van der Waals surface area contributed by atoms with E-state index in [2.05, 4.69) is 206 Å². The second-order valence-corrected chi connectivity index (χ2v) is 15.8. The molecule has 1 nitrogen and oxygen atoms in total. The van der Waals surface area contributed by atoms with E-state index in [1.807, 2.05) is 0 Å². The highest BCUT2D eigenvalue weighted by Crippen LogP contribution is 2.51.